The number of aliphatic hydroxyl groups excluding tert-OH is 1. The van der Waals surface area contributed by atoms with E-state index >= 15 is 0 Å². The van der Waals surface area contributed by atoms with Gasteiger partial charge in [-0.3, -0.25) is 9.59 Å². The molecule has 13 nitrogen and oxygen atoms in total. The topological polar surface area (TPSA) is 191 Å². The van der Waals surface area contributed by atoms with E-state index in [1.54, 1.807) is 0 Å². The van der Waals surface area contributed by atoms with Crippen molar-refractivity contribution < 1.29 is 54.2 Å². The van der Waals surface area contributed by atoms with Gasteiger partial charge in [-0.2, -0.15) is 26.3 Å². The molecule has 1 aromatic carbocycles. The third kappa shape index (κ3) is 12.0. The Bertz CT molecular complexity index is 1340. The molecule has 0 aliphatic carbocycles. The number of benzene rings is 1. The summed E-state index contributed by atoms with van der Waals surface area (Å²) in [6.45, 7) is 0.928. The smallest absolute Gasteiger partial charge is 0.395 e. The Morgan fingerprint density at radius 3 is 2.23 bits per heavy atom. The van der Waals surface area contributed by atoms with E-state index in [0.717, 1.165) is 0 Å². The van der Waals surface area contributed by atoms with E-state index in [4.69, 9.17) is 15.6 Å². The third-order valence-corrected chi connectivity index (χ3v) is 7.50. The SMILES string of the molecule is CC(C)(N)C(=O)N[C@H](COCc1cc(C(F)(F)F)cc(C(F)(F)F)c1)c1nnnn1CCCC(=O)NCCS(=O)(=O)CCO. The predicted octanol–water partition coefficient (Wildman–Crippen LogP) is 1.13. The van der Waals surface area contributed by atoms with Crippen molar-refractivity contribution in [1.29, 1.82) is 0 Å². The van der Waals surface area contributed by atoms with Gasteiger partial charge in [0.2, 0.25) is 11.8 Å². The normalized spacial score (nSPS) is 13.5. The number of tetrazole rings is 1. The summed E-state index contributed by atoms with van der Waals surface area (Å²) in [5.74, 6) is -1.96. The van der Waals surface area contributed by atoms with Gasteiger partial charge in [0.25, 0.3) is 0 Å². The molecule has 5 N–H and O–H groups in total. The number of nitrogens with one attached hydrogen (secondary N) is 2. The Hall–Kier alpha value is -3.36. The maximum atomic E-state index is 13.2. The first-order valence-electron chi connectivity index (χ1n) is 13.0. The molecule has 2 amide bonds. The molecule has 0 aliphatic heterocycles. The van der Waals surface area contributed by atoms with Gasteiger partial charge in [0.15, 0.2) is 15.7 Å². The zero-order valence-electron chi connectivity index (χ0n) is 23.7. The summed E-state index contributed by atoms with van der Waals surface area (Å²) >= 11 is 0. The molecular formula is C24H33F6N7O6S. The Morgan fingerprint density at radius 1 is 1.07 bits per heavy atom. The summed E-state index contributed by atoms with van der Waals surface area (Å²) in [5, 5.41) is 24.9. The molecule has 0 saturated carbocycles. The fourth-order valence-corrected chi connectivity index (χ4v) is 4.50. The average Bonchev–Trinajstić information content (AvgIpc) is 3.34. The Morgan fingerprint density at radius 2 is 1.68 bits per heavy atom. The Labute approximate surface area is 248 Å². The zero-order chi connectivity index (χ0) is 33.3. The number of rotatable bonds is 16. The molecule has 1 atom stereocenters. The minimum Gasteiger partial charge on any atom is -0.395 e. The average molecular weight is 662 g/mol. The van der Waals surface area contributed by atoms with Crippen molar-refractivity contribution in [3.8, 4) is 0 Å². The predicted molar refractivity (Wildman–Crippen MR) is 141 cm³/mol. The van der Waals surface area contributed by atoms with Crippen LogP contribution in [0.5, 0.6) is 0 Å². The van der Waals surface area contributed by atoms with E-state index in [1.807, 2.05) is 0 Å². The van der Waals surface area contributed by atoms with Crippen LogP contribution in [-0.2, 0) is 49.7 Å². The van der Waals surface area contributed by atoms with Gasteiger partial charge in [-0.25, -0.2) is 13.1 Å². The number of aliphatic hydroxyl groups is 1. The molecule has 44 heavy (non-hydrogen) atoms. The van der Waals surface area contributed by atoms with Gasteiger partial charge in [-0.1, -0.05) is 0 Å². The van der Waals surface area contributed by atoms with Crippen LogP contribution in [0.4, 0.5) is 26.3 Å². The van der Waals surface area contributed by atoms with Crippen molar-refractivity contribution >= 4 is 21.7 Å². The first-order chi connectivity index (χ1) is 20.2. The first-order valence-corrected chi connectivity index (χ1v) is 14.8. The molecule has 0 unspecified atom stereocenters. The number of carbonyl (C=O) groups excluding carboxylic acids is 2. The van der Waals surface area contributed by atoms with E-state index < -0.39 is 87.8 Å². The van der Waals surface area contributed by atoms with Crippen molar-refractivity contribution in [2.24, 2.45) is 5.73 Å². The molecule has 1 aromatic heterocycles. The maximum Gasteiger partial charge on any atom is 0.416 e. The molecule has 2 aromatic rings. The molecule has 0 spiro atoms. The second-order valence-corrected chi connectivity index (χ2v) is 12.6. The fourth-order valence-electron chi connectivity index (χ4n) is 3.61. The molecule has 0 bridgehead atoms. The lowest BCUT2D eigenvalue weighted by Crippen LogP contribution is -2.51. The van der Waals surface area contributed by atoms with Gasteiger partial charge in [-0.05, 0) is 54.5 Å². The number of halogens is 6. The summed E-state index contributed by atoms with van der Waals surface area (Å²) in [4.78, 5) is 24.7. The second-order valence-electron chi connectivity index (χ2n) is 10.3. The molecule has 2 rings (SSSR count). The van der Waals surface area contributed by atoms with Crippen molar-refractivity contribution in [1.82, 2.24) is 30.8 Å². The number of sulfone groups is 1. The highest BCUT2D eigenvalue weighted by molar-refractivity contribution is 7.91. The lowest BCUT2D eigenvalue weighted by molar-refractivity contribution is -0.143. The molecule has 1 heterocycles. The fraction of sp³-hybridized carbons (Fsp3) is 0.625. The van der Waals surface area contributed by atoms with E-state index in [2.05, 4.69) is 26.2 Å². The molecule has 0 fully saturated rings. The number of nitrogens with two attached hydrogens (primary N) is 1. The van der Waals surface area contributed by atoms with Crippen LogP contribution in [0.3, 0.4) is 0 Å². The number of hydrogen-bond donors (Lipinski definition) is 4. The van der Waals surface area contributed by atoms with Crippen molar-refractivity contribution in [3.05, 3.63) is 40.7 Å². The maximum absolute atomic E-state index is 13.2. The van der Waals surface area contributed by atoms with Crippen LogP contribution in [0.1, 0.15) is 55.2 Å². The number of aromatic nitrogens is 4. The number of hydrogen-bond acceptors (Lipinski definition) is 10. The summed E-state index contributed by atoms with van der Waals surface area (Å²) < 4.78 is 109. The Kier molecular flexibility index (Phi) is 12.6. The lowest BCUT2D eigenvalue weighted by atomic mass is 10.0. The largest absolute Gasteiger partial charge is 0.416 e. The summed E-state index contributed by atoms with van der Waals surface area (Å²) in [6, 6.07) is -0.131. The summed E-state index contributed by atoms with van der Waals surface area (Å²) in [5.41, 5.74) is 0.979. The number of nitrogens with zero attached hydrogens (tertiary/aromatic N) is 4. The van der Waals surface area contributed by atoms with Crippen LogP contribution in [0.25, 0.3) is 0 Å². The Balaban J connectivity index is 2.12. The van der Waals surface area contributed by atoms with Crippen molar-refractivity contribution in [3.63, 3.8) is 0 Å². The lowest BCUT2D eigenvalue weighted by Gasteiger charge is -2.24. The van der Waals surface area contributed by atoms with Gasteiger partial charge in [0, 0.05) is 19.5 Å². The monoisotopic (exact) mass is 661 g/mol. The van der Waals surface area contributed by atoms with E-state index in [0.29, 0.717) is 12.1 Å². The quantitative estimate of drug-likeness (QED) is 0.190. The van der Waals surface area contributed by atoms with E-state index in [-0.39, 0.29) is 43.6 Å². The molecule has 0 aliphatic rings. The number of alkyl halides is 6. The van der Waals surface area contributed by atoms with Gasteiger partial charge in [0.05, 0.1) is 48.0 Å². The highest BCUT2D eigenvalue weighted by atomic mass is 32.2. The van der Waals surface area contributed by atoms with Crippen molar-refractivity contribution in [2.45, 2.75) is 63.8 Å². The van der Waals surface area contributed by atoms with Gasteiger partial charge in [-0.15, -0.1) is 5.10 Å². The highest BCUT2D eigenvalue weighted by Crippen LogP contribution is 2.36. The molecule has 20 heteroatoms. The van der Waals surface area contributed by atoms with Crippen LogP contribution in [0.2, 0.25) is 0 Å². The van der Waals surface area contributed by atoms with Crippen LogP contribution in [0, 0.1) is 0 Å². The third-order valence-electron chi connectivity index (χ3n) is 5.87. The van der Waals surface area contributed by atoms with Crippen LogP contribution >= 0.6 is 0 Å². The van der Waals surface area contributed by atoms with E-state index in [9.17, 15) is 44.3 Å². The van der Waals surface area contributed by atoms with Crippen molar-refractivity contribution in [2.75, 3.05) is 31.3 Å². The minimum absolute atomic E-state index is 0.00173. The second kappa shape index (κ2) is 15.1. The molecular weight excluding hydrogens is 628 g/mol. The summed E-state index contributed by atoms with van der Waals surface area (Å²) in [6.07, 6.45) is -10.0. The standard InChI is InChI=1S/C24H33F6N7O6S/c1-22(2,31)21(40)33-18(14-43-13-15-10-16(23(25,26)27)12-17(11-15)24(28,29)30)20-34-35-36-37(20)6-3-4-19(39)32-5-8-44(41,42)9-7-38/h10-12,18,38H,3-9,13-14,31H2,1-2H3,(H,32,39)(H,33,40)/t18-/m1/s1. The van der Waals surface area contributed by atoms with Crippen LogP contribution in [0.15, 0.2) is 18.2 Å². The van der Waals surface area contributed by atoms with Gasteiger partial charge < -0.3 is 26.2 Å². The van der Waals surface area contributed by atoms with Crippen LogP contribution in [-0.4, -0.2) is 82.3 Å². The summed E-state index contributed by atoms with van der Waals surface area (Å²) in [7, 11) is -3.51. The number of amides is 2. The number of ether oxygens (including phenoxy) is 1. The van der Waals surface area contributed by atoms with Crippen LogP contribution < -0.4 is 16.4 Å². The first kappa shape index (κ1) is 36.8. The zero-order valence-corrected chi connectivity index (χ0v) is 24.5. The number of carbonyl (C=O) groups is 2. The van der Waals surface area contributed by atoms with E-state index in [1.165, 1.54) is 18.5 Å². The molecule has 248 valence electrons. The minimum atomic E-state index is -5.05. The van der Waals surface area contributed by atoms with Gasteiger partial charge >= 0.3 is 12.4 Å². The molecule has 0 saturated heterocycles. The number of aryl methyl sites for hydroxylation is 1. The molecule has 0 radical (unpaired) electrons. The van der Waals surface area contributed by atoms with Gasteiger partial charge in [0.1, 0.15) is 6.04 Å². The highest BCUT2D eigenvalue weighted by Gasteiger charge is 2.37.